The largest absolute Gasteiger partial charge is 0.459 e. The molecule has 0 aromatic heterocycles. The van der Waals surface area contributed by atoms with E-state index in [1.807, 2.05) is 6.92 Å². The first-order valence-corrected chi connectivity index (χ1v) is 21.2. The van der Waals surface area contributed by atoms with E-state index in [1.165, 1.54) is 0 Å². The molecule has 8 fully saturated rings. The second-order valence-corrected chi connectivity index (χ2v) is 17.9. The average Bonchev–Trinajstić information content (AvgIpc) is 3.68. The van der Waals surface area contributed by atoms with Gasteiger partial charge in [0.15, 0.2) is 0 Å². The topological polar surface area (TPSA) is 189 Å². The lowest BCUT2D eigenvalue weighted by Gasteiger charge is -2.51. The minimum Gasteiger partial charge on any atom is -0.459 e. The third kappa shape index (κ3) is 8.32. The van der Waals surface area contributed by atoms with Gasteiger partial charge in [0.2, 0.25) is 0 Å². The summed E-state index contributed by atoms with van der Waals surface area (Å²) in [4.78, 5) is 27.0. The standard InChI is InChI=1S/C42H62O14/c1-19-13-25-7-9-28-20(2)14-24(49-28)6-5-23(44)15-32-36(47)41-42(55-32)37(48)40-30(54-41)10-8-26(51-40)16-35(46)56-39-22(4)38-33(17-27(45)29(53-38)11-12-43)52-34(39)18-31(50-25)21(19)3/h19,22,24-34,36-43,45,47-48H,2-3,5-18H2,1,4H3. The molecule has 8 aliphatic rings. The van der Waals surface area contributed by atoms with Crippen molar-refractivity contribution >= 4 is 11.8 Å². The van der Waals surface area contributed by atoms with Crippen molar-refractivity contribution in [2.24, 2.45) is 11.8 Å². The molecule has 0 radical (unpaired) electrons. The Balaban J connectivity index is 1.03. The second-order valence-electron chi connectivity index (χ2n) is 17.9. The zero-order chi connectivity index (χ0) is 39.4. The van der Waals surface area contributed by atoms with Crippen molar-refractivity contribution in [1.82, 2.24) is 0 Å². The van der Waals surface area contributed by atoms with Crippen LogP contribution >= 0.6 is 0 Å². The summed E-state index contributed by atoms with van der Waals surface area (Å²) in [7, 11) is 0. The SMILES string of the molecule is C=C1CC2CCC(=O)CC3OC4C(O)C5OC(CCC5OC4C3O)CC(=O)OC3C(CC4OC(CCC1O2)CC(C)C4=C)OC1CC(O)C(CCO)OC1C3C. The number of Topliss-reactive ketones (excluding diaryl/α,β-unsaturated/α-hetero) is 1. The van der Waals surface area contributed by atoms with Gasteiger partial charge in [0, 0.05) is 38.2 Å². The van der Waals surface area contributed by atoms with Gasteiger partial charge < -0.3 is 58.3 Å². The number of fused-ring (bicyclic) bond motifs is 8. The van der Waals surface area contributed by atoms with Crippen LogP contribution in [0.4, 0.5) is 0 Å². The summed E-state index contributed by atoms with van der Waals surface area (Å²) in [5.41, 5.74) is 1.97. The number of aliphatic hydroxyl groups is 4. The predicted octanol–water partition coefficient (Wildman–Crippen LogP) is 2.38. The minimum atomic E-state index is -1.13. The van der Waals surface area contributed by atoms with E-state index < -0.39 is 91.4 Å². The quantitative estimate of drug-likeness (QED) is 0.236. The van der Waals surface area contributed by atoms with Crippen molar-refractivity contribution in [3.05, 3.63) is 24.3 Å². The van der Waals surface area contributed by atoms with Crippen molar-refractivity contribution in [1.29, 1.82) is 0 Å². The van der Waals surface area contributed by atoms with Crippen molar-refractivity contribution < 1.29 is 67.9 Å². The lowest BCUT2D eigenvalue weighted by atomic mass is 9.79. The Morgan fingerprint density at radius 1 is 0.625 bits per heavy atom. The number of hydrogen-bond acceptors (Lipinski definition) is 14. The van der Waals surface area contributed by atoms with Gasteiger partial charge in [0.05, 0.1) is 79.7 Å². The number of hydrogen-bond donors (Lipinski definition) is 4. The van der Waals surface area contributed by atoms with Gasteiger partial charge in [-0.25, -0.2) is 0 Å². The zero-order valence-corrected chi connectivity index (χ0v) is 32.7. The van der Waals surface area contributed by atoms with Crippen molar-refractivity contribution in [2.75, 3.05) is 6.61 Å². The van der Waals surface area contributed by atoms with E-state index in [1.54, 1.807) is 0 Å². The highest BCUT2D eigenvalue weighted by Crippen LogP contribution is 2.44. The number of carbonyl (C=O) groups excluding carboxylic acids is 2. The maximum Gasteiger partial charge on any atom is 0.308 e. The zero-order valence-electron chi connectivity index (χ0n) is 32.7. The molecule has 0 aliphatic carbocycles. The summed E-state index contributed by atoms with van der Waals surface area (Å²) in [6.07, 6.45) is -5.21. The van der Waals surface area contributed by atoms with E-state index in [2.05, 4.69) is 20.1 Å². The molecule has 0 amide bonds. The summed E-state index contributed by atoms with van der Waals surface area (Å²) < 4.78 is 51.3. The Kier molecular flexibility index (Phi) is 12.5. The molecule has 0 saturated carbocycles. The van der Waals surface area contributed by atoms with Crippen LogP contribution in [-0.2, 0) is 47.5 Å². The van der Waals surface area contributed by atoms with E-state index in [0.717, 1.165) is 30.4 Å². The van der Waals surface area contributed by atoms with Crippen LogP contribution in [0.3, 0.4) is 0 Å². The van der Waals surface area contributed by atoms with E-state index in [9.17, 15) is 30.0 Å². The molecule has 8 aliphatic heterocycles. The molecule has 0 aromatic rings. The van der Waals surface area contributed by atoms with Crippen LogP contribution in [0.1, 0.15) is 97.3 Å². The molecule has 314 valence electrons. The maximum absolute atomic E-state index is 13.9. The molecule has 8 saturated heterocycles. The number of esters is 1. The normalized spacial score (nSPS) is 50.5. The van der Waals surface area contributed by atoms with Crippen LogP contribution in [0, 0.1) is 11.8 Å². The fourth-order valence-electron chi connectivity index (χ4n) is 10.8. The first-order valence-electron chi connectivity index (χ1n) is 21.2. The molecule has 20 unspecified atom stereocenters. The highest BCUT2D eigenvalue weighted by Gasteiger charge is 2.57. The minimum absolute atomic E-state index is 0.00469. The summed E-state index contributed by atoms with van der Waals surface area (Å²) in [6.45, 7) is 12.7. The highest BCUT2D eigenvalue weighted by molar-refractivity contribution is 5.79. The summed E-state index contributed by atoms with van der Waals surface area (Å²) >= 11 is 0. The molecule has 4 N–H and O–H groups in total. The van der Waals surface area contributed by atoms with Gasteiger partial charge >= 0.3 is 5.97 Å². The van der Waals surface area contributed by atoms with Gasteiger partial charge in [-0.2, -0.15) is 0 Å². The van der Waals surface area contributed by atoms with Crippen LogP contribution in [0.5, 0.6) is 0 Å². The van der Waals surface area contributed by atoms with Crippen LogP contribution in [-0.4, -0.2) is 149 Å². The summed E-state index contributed by atoms with van der Waals surface area (Å²) in [5.74, 6) is -0.665. The van der Waals surface area contributed by atoms with Gasteiger partial charge in [0.25, 0.3) is 0 Å². The second kappa shape index (κ2) is 17.0. The van der Waals surface area contributed by atoms with Gasteiger partial charge in [-0.15, -0.1) is 0 Å². The predicted molar refractivity (Wildman–Crippen MR) is 197 cm³/mol. The van der Waals surface area contributed by atoms with Gasteiger partial charge in [-0.3, -0.25) is 9.59 Å². The molecule has 14 nitrogen and oxygen atoms in total. The monoisotopic (exact) mass is 790 g/mol. The Bertz CT molecular complexity index is 1460. The van der Waals surface area contributed by atoms with Crippen molar-refractivity contribution in [2.45, 2.75) is 207 Å². The third-order valence-electron chi connectivity index (χ3n) is 14.0. The van der Waals surface area contributed by atoms with E-state index in [4.69, 9.17) is 37.9 Å². The molecule has 0 spiro atoms. The fourth-order valence-corrected chi connectivity index (χ4v) is 10.8. The molecule has 20 atom stereocenters. The number of ether oxygens (including phenoxy) is 8. The fraction of sp³-hybridized carbons (Fsp3) is 0.857. The van der Waals surface area contributed by atoms with Crippen LogP contribution in [0.2, 0.25) is 0 Å². The average molecular weight is 791 g/mol. The first kappa shape index (κ1) is 40.9. The molecule has 8 rings (SSSR count). The Hall–Kier alpha value is -1.82. The van der Waals surface area contributed by atoms with Crippen LogP contribution < -0.4 is 0 Å². The molecule has 0 aromatic carbocycles. The summed E-state index contributed by atoms with van der Waals surface area (Å²) in [6, 6.07) is 0. The van der Waals surface area contributed by atoms with Gasteiger partial charge in [-0.05, 0) is 68.4 Å². The number of carbonyl (C=O) groups is 2. The number of aliphatic hydroxyl groups excluding tert-OH is 4. The van der Waals surface area contributed by atoms with Crippen LogP contribution in [0.15, 0.2) is 24.3 Å². The Labute approximate surface area is 329 Å². The highest BCUT2D eigenvalue weighted by atomic mass is 16.6. The smallest absolute Gasteiger partial charge is 0.308 e. The Morgan fingerprint density at radius 3 is 2.14 bits per heavy atom. The number of ketones is 1. The van der Waals surface area contributed by atoms with E-state index in [0.29, 0.717) is 38.5 Å². The van der Waals surface area contributed by atoms with Crippen LogP contribution in [0.25, 0.3) is 0 Å². The van der Waals surface area contributed by atoms with Crippen molar-refractivity contribution in [3.8, 4) is 0 Å². The molecule has 56 heavy (non-hydrogen) atoms. The van der Waals surface area contributed by atoms with Gasteiger partial charge in [0.1, 0.15) is 42.4 Å². The van der Waals surface area contributed by atoms with Gasteiger partial charge in [-0.1, -0.05) is 27.0 Å². The lowest BCUT2D eigenvalue weighted by molar-refractivity contribution is -0.275. The summed E-state index contributed by atoms with van der Waals surface area (Å²) in [5, 5.41) is 43.2. The third-order valence-corrected chi connectivity index (χ3v) is 14.0. The molecule has 8 heterocycles. The number of rotatable bonds is 2. The van der Waals surface area contributed by atoms with E-state index in [-0.39, 0.29) is 74.3 Å². The molecular formula is C42H62O14. The van der Waals surface area contributed by atoms with Crippen molar-refractivity contribution in [3.63, 3.8) is 0 Å². The Morgan fingerprint density at radius 2 is 1.34 bits per heavy atom. The molecular weight excluding hydrogens is 728 g/mol. The van der Waals surface area contributed by atoms with E-state index >= 15 is 0 Å². The molecule has 8 bridgehead atoms. The molecule has 14 heteroatoms. The maximum atomic E-state index is 13.9. The lowest BCUT2D eigenvalue weighted by Crippen LogP contribution is -2.62. The first-order chi connectivity index (χ1) is 26.9.